The summed E-state index contributed by atoms with van der Waals surface area (Å²) < 4.78 is 5.62. The second-order valence-electron chi connectivity index (χ2n) is 3.28. The van der Waals surface area contributed by atoms with E-state index in [-0.39, 0.29) is 5.78 Å². The number of ketones is 1. The van der Waals surface area contributed by atoms with Crippen molar-refractivity contribution in [3.8, 4) is 5.75 Å². The van der Waals surface area contributed by atoms with Crippen molar-refractivity contribution in [3.05, 3.63) is 50.1 Å². The van der Waals surface area contributed by atoms with Gasteiger partial charge in [0.25, 0.3) is 0 Å². The van der Waals surface area contributed by atoms with Crippen LogP contribution in [0.1, 0.15) is 15.2 Å². The van der Waals surface area contributed by atoms with Gasteiger partial charge in [-0.1, -0.05) is 23.2 Å². The lowest BCUT2D eigenvalue weighted by Crippen LogP contribution is -1.98. The largest absolute Gasteiger partial charge is 0.495 e. The van der Waals surface area contributed by atoms with Gasteiger partial charge in [0, 0.05) is 5.56 Å². The number of thiophene rings is 1. The first-order chi connectivity index (χ1) is 8.11. The minimum Gasteiger partial charge on any atom is -0.495 e. The molecule has 2 aromatic rings. The molecule has 0 aliphatic heterocycles. The molecular weight excluding hydrogens is 279 g/mol. The molecule has 0 saturated heterocycles. The van der Waals surface area contributed by atoms with Crippen LogP contribution < -0.4 is 4.74 Å². The van der Waals surface area contributed by atoms with E-state index in [0.717, 1.165) is 0 Å². The first-order valence-corrected chi connectivity index (χ1v) is 6.32. The van der Waals surface area contributed by atoms with Gasteiger partial charge in [-0.2, -0.15) is 0 Å². The number of methoxy groups -OCH3 is 1. The zero-order chi connectivity index (χ0) is 12.4. The predicted molar refractivity (Wildman–Crippen MR) is 70.8 cm³/mol. The highest BCUT2D eigenvalue weighted by Gasteiger charge is 2.13. The first-order valence-electron chi connectivity index (χ1n) is 4.75. The molecule has 0 unspecified atom stereocenters. The van der Waals surface area contributed by atoms with Crippen LogP contribution in [0.15, 0.2) is 30.3 Å². The molecule has 0 aliphatic rings. The number of carbonyl (C=O) groups excluding carboxylic acids is 1. The second-order valence-corrected chi connectivity index (χ2v) is 5.40. The molecule has 0 bridgehead atoms. The molecule has 0 fully saturated rings. The van der Waals surface area contributed by atoms with Gasteiger partial charge < -0.3 is 4.74 Å². The van der Waals surface area contributed by atoms with E-state index in [4.69, 9.17) is 27.9 Å². The molecule has 0 spiro atoms. The molecule has 0 aliphatic carbocycles. The number of hydrogen-bond donors (Lipinski definition) is 0. The minimum atomic E-state index is -0.0912. The summed E-state index contributed by atoms with van der Waals surface area (Å²) in [5.74, 6) is 0.457. The van der Waals surface area contributed by atoms with Crippen molar-refractivity contribution in [2.75, 3.05) is 7.11 Å². The van der Waals surface area contributed by atoms with Crippen LogP contribution in [0.25, 0.3) is 0 Å². The van der Waals surface area contributed by atoms with Crippen molar-refractivity contribution in [3.63, 3.8) is 0 Å². The summed E-state index contributed by atoms with van der Waals surface area (Å²) in [7, 11) is 1.53. The summed E-state index contributed by atoms with van der Waals surface area (Å²) in [4.78, 5) is 12.7. The second kappa shape index (κ2) is 5.08. The van der Waals surface area contributed by atoms with Gasteiger partial charge >= 0.3 is 0 Å². The molecule has 0 atom stereocenters. The zero-order valence-corrected chi connectivity index (χ0v) is 11.2. The number of benzene rings is 1. The monoisotopic (exact) mass is 286 g/mol. The zero-order valence-electron chi connectivity index (χ0n) is 8.87. The van der Waals surface area contributed by atoms with Gasteiger partial charge in [-0.3, -0.25) is 4.79 Å². The Bertz CT molecular complexity index is 563. The highest BCUT2D eigenvalue weighted by Crippen LogP contribution is 2.28. The Morgan fingerprint density at radius 2 is 2.00 bits per heavy atom. The molecule has 88 valence electrons. The fourth-order valence-corrected chi connectivity index (χ4v) is 2.65. The molecule has 0 amide bonds. The van der Waals surface area contributed by atoms with E-state index in [1.807, 2.05) is 0 Å². The third-order valence-corrected chi connectivity index (χ3v) is 3.74. The highest BCUT2D eigenvalue weighted by atomic mass is 35.5. The molecule has 1 aromatic heterocycles. The van der Waals surface area contributed by atoms with Gasteiger partial charge in [0.15, 0.2) is 0 Å². The summed E-state index contributed by atoms with van der Waals surface area (Å²) in [6.07, 6.45) is 0. The van der Waals surface area contributed by atoms with Crippen LogP contribution in [-0.4, -0.2) is 12.9 Å². The molecule has 0 N–H and O–H groups in total. The van der Waals surface area contributed by atoms with Crippen molar-refractivity contribution in [1.29, 1.82) is 0 Å². The van der Waals surface area contributed by atoms with Crippen molar-refractivity contribution in [2.45, 2.75) is 0 Å². The topological polar surface area (TPSA) is 26.3 Å². The Kier molecular flexibility index (Phi) is 3.72. The number of rotatable bonds is 3. The standard InChI is InChI=1S/C12H8Cl2O2S/c1-16-9-3-2-7(6-8(9)13)12(15)10-4-5-11(14)17-10/h2-6H,1H3. The Morgan fingerprint density at radius 1 is 1.24 bits per heavy atom. The van der Waals surface area contributed by atoms with E-state index < -0.39 is 0 Å². The summed E-state index contributed by atoms with van der Waals surface area (Å²) in [6.45, 7) is 0. The van der Waals surface area contributed by atoms with E-state index in [1.165, 1.54) is 18.4 Å². The van der Waals surface area contributed by atoms with Gasteiger partial charge in [0.2, 0.25) is 5.78 Å². The molecule has 2 rings (SSSR count). The molecule has 17 heavy (non-hydrogen) atoms. The highest BCUT2D eigenvalue weighted by molar-refractivity contribution is 7.18. The maximum Gasteiger partial charge on any atom is 0.203 e. The quantitative estimate of drug-likeness (QED) is 0.787. The Morgan fingerprint density at radius 3 is 2.53 bits per heavy atom. The normalized spacial score (nSPS) is 10.3. The van der Waals surface area contributed by atoms with Crippen LogP contribution in [-0.2, 0) is 0 Å². The molecule has 0 saturated carbocycles. The lowest BCUT2D eigenvalue weighted by Gasteiger charge is -2.04. The predicted octanol–water partition coefficient (Wildman–Crippen LogP) is 4.29. The van der Waals surface area contributed by atoms with E-state index in [2.05, 4.69) is 0 Å². The smallest absolute Gasteiger partial charge is 0.203 e. The Balaban J connectivity index is 2.35. The third-order valence-electron chi connectivity index (χ3n) is 2.21. The lowest BCUT2D eigenvalue weighted by atomic mass is 10.1. The SMILES string of the molecule is COc1ccc(C(=O)c2ccc(Cl)s2)cc1Cl. The summed E-state index contributed by atoms with van der Waals surface area (Å²) >= 11 is 13.0. The van der Waals surface area contributed by atoms with Gasteiger partial charge in [-0.05, 0) is 30.3 Å². The van der Waals surface area contributed by atoms with Gasteiger partial charge in [0.1, 0.15) is 5.75 Å². The number of carbonyl (C=O) groups is 1. The van der Waals surface area contributed by atoms with E-state index >= 15 is 0 Å². The average Bonchev–Trinajstić information content (AvgIpc) is 2.75. The average molecular weight is 287 g/mol. The molecule has 1 aromatic carbocycles. The van der Waals surface area contributed by atoms with Gasteiger partial charge in [-0.15, -0.1) is 11.3 Å². The van der Waals surface area contributed by atoms with Crippen LogP contribution in [0.2, 0.25) is 9.36 Å². The number of ether oxygens (including phenoxy) is 1. The third kappa shape index (κ3) is 2.63. The maximum absolute atomic E-state index is 12.1. The summed E-state index contributed by atoms with van der Waals surface area (Å²) in [5, 5.41) is 0.418. The molecule has 2 nitrogen and oxygen atoms in total. The van der Waals surface area contributed by atoms with Crippen LogP contribution in [0.4, 0.5) is 0 Å². The van der Waals surface area contributed by atoms with Crippen LogP contribution in [0.5, 0.6) is 5.75 Å². The summed E-state index contributed by atoms with van der Waals surface area (Å²) in [6, 6.07) is 8.35. The Labute approximate surface area is 113 Å². The van der Waals surface area contributed by atoms with Gasteiger partial charge in [0.05, 0.1) is 21.3 Å². The van der Waals surface area contributed by atoms with Gasteiger partial charge in [-0.25, -0.2) is 0 Å². The minimum absolute atomic E-state index is 0.0912. The van der Waals surface area contributed by atoms with Crippen molar-refractivity contribution in [1.82, 2.24) is 0 Å². The molecule has 5 heteroatoms. The van der Waals surface area contributed by atoms with Crippen LogP contribution in [0.3, 0.4) is 0 Å². The number of hydrogen-bond acceptors (Lipinski definition) is 3. The maximum atomic E-state index is 12.1. The Hall–Kier alpha value is -1.03. The fraction of sp³-hybridized carbons (Fsp3) is 0.0833. The van der Waals surface area contributed by atoms with Crippen LogP contribution >= 0.6 is 34.5 Å². The van der Waals surface area contributed by atoms with Crippen LogP contribution in [0, 0.1) is 0 Å². The summed E-state index contributed by atoms with van der Waals surface area (Å²) in [5.41, 5.74) is 0.523. The van der Waals surface area contributed by atoms with E-state index in [1.54, 1.807) is 30.3 Å². The molecular formula is C12H8Cl2O2S. The molecule has 1 heterocycles. The van der Waals surface area contributed by atoms with Crippen molar-refractivity contribution < 1.29 is 9.53 Å². The fourth-order valence-electron chi connectivity index (χ4n) is 1.39. The van der Waals surface area contributed by atoms with Crippen molar-refractivity contribution in [2.24, 2.45) is 0 Å². The van der Waals surface area contributed by atoms with E-state index in [0.29, 0.717) is 25.5 Å². The first kappa shape index (κ1) is 12.4. The number of halogens is 2. The van der Waals surface area contributed by atoms with E-state index in [9.17, 15) is 4.79 Å². The molecule has 0 radical (unpaired) electrons. The van der Waals surface area contributed by atoms with Crippen molar-refractivity contribution >= 4 is 40.3 Å². The lowest BCUT2D eigenvalue weighted by molar-refractivity contribution is 0.104.